The van der Waals surface area contributed by atoms with Crippen LogP contribution in [-0.2, 0) is 26.0 Å². The van der Waals surface area contributed by atoms with Crippen LogP contribution in [0.15, 0.2) is 27.5 Å². The molecule has 0 fully saturated rings. The molecule has 0 aliphatic rings. The number of aliphatic imine (C=N–C) groups is 2. The molecule has 0 bridgehead atoms. The van der Waals surface area contributed by atoms with E-state index in [9.17, 15) is 31.2 Å². The van der Waals surface area contributed by atoms with Gasteiger partial charge >= 0.3 is 18.1 Å². The topological polar surface area (TPSA) is 196 Å². The number of unbranched alkanes of at least 4 members (excludes halogenated alkanes) is 1. The van der Waals surface area contributed by atoms with E-state index in [1.807, 2.05) is 0 Å². The van der Waals surface area contributed by atoms with Crippen LogP contribution >= 0.6 is 23.1 Å². The number of aromatic nitrogens is 1. The van der Waals surface area contributed by atoms with Crippen LogP contribution in [0.25, 0.3) is 0 Å². The van der Waals surface area contributed by atoms with Crippen molar-refractivity contribution in [2.45, 2.75) is 25.4 Å². The van der Waals surface area contributed by atoms with Gasteiger partial charge in [0.2, 0.25) is 10.0 Å². The van der Waals surface area contributed by atoms with Gasteiger partial charge < -0.3 is 21.3 Å². The number of nitrogens with two attached hydrogens (primary N) is 1. The summed E-state index contributed by atoms with van der Waals surface area (Å²) in [6, 6.07) is 0. The smallest absolute Gasteiger partial charge is 0.408 e. The molecule has 0 saturated heterocycles. The highest BCUT2D eigenvalue weighted by molar-refractivity contribution is 8.14. The molecule has 0 aromatic carbocycles. The van der Waals surface area contributed by atoms with Gasteiger partial charge in [-0.2, -0.15) is 13.2 Å². The van der Waals surface area contributed by atoms with Gasteiger partial charge in [0.15, 0.2) is 16.3 Å². The number of halogens is 3. The Balaban J connectivity index is 0.00000124. The number of aryl methyl sites for hydroxylation is 1. The van der Waals surface area contributed by atoms with Crippen molar-refractivity contribution in [1.82, 2.24) is 9.71 Å². The summed E-state index contributed by atoms with van der Waals surface area (Å²) in [4.78, 5) is 30.7. The molecule has 0 unspecified atom stereocenters. The van der Waals surface area contributed by atoms with Crippen LogP contribution in [0.3, 0.4) is 0 Å². The van der Waals surface area contributed by atoms with Gasteiger partial charge in [0.05, 0.1) is 11.9 Å². The van der Waals surface area contributed by atoms with Gasteiger partial charge in [-0.25, -0.2) is 28.0 Å². The number of alkyl halides is 3. The Hall–Kier alpha value is -2.86. The summed E-state index contributed by atoms with van der Waals surface area (Å²) in [5.41, 5.74) is 6.16. The van der Waals surface area contributed by atoms with Crippen molar-refractivity contribution >= 4 is 61.3 Å². The number of hydrogen-bond donors (Lipinski definition) is 5. The van der Waals surface area contributed by atoms with E-state index < -0.39 is 34.7 Å². The van der Waals surface area contributed by atoms with Crippen molar-refractivity contribution in [3.8, 4) is 0 Å². The fourth-order valence-corrected chi connectivity index (χ4v) is 3.98. The quantitative estimate of drug-likeness (QED) is 0.121. The first kappa shape index (κ1) is 32.1. The van der Waals surface area contributed by atoms with Crippen LogP contribution in [0.1, 0.15) is 18.5 Å². The Morgan fingerprint density at radius 3 is 2.31 bits per heavy atom. The number of guanidine groups is 1. The normalized spacial score (nSPS) is 12.7. The summed E-state index contributed by atoms with van der Waals surface area (Å²) in [5, 5.41) is 20.6. The molecule has 0 aliphatic heterocycles. The fourth-order valence-electron chi connectivity index (χ4n) is 1.84. The third-order valence-electron chi connectivity index (χ3n) is 3.15. The molecule has 0 spiro atoms. The number of hydrogen-bond acceptors (Lipinski definition) is 9. The van der Waals surface area contributed by atoms with Gasteiger partial charge in [-0.3, -0.25) is 9.71 Å². The Bertz CT molecular complexity index is 1010. The number of carboxylic acid groups (broad SMARTS) is 2. The molecular formula is C17H25F3N6O6S3. The Morgan fingerprint density at radius 1 is 1.23 bits per heavy atom. The van der Waals surface area contributed by atoms with E-state index >= 15 is 0 Å². The third-order valence-corrected chi connectivity index (χ3v) is 5.26. The molecule has 198 valence electrons. The monoisotopic (exact) mass is 562 g/mol. The maximum absolute atomic E-state index is 12.1. The molecule has 35 heavy (non-hydrogen) atoms. The summed E-state index contributed by atoms with van der Waals surface area (Å²) in [6.07, 6.45) is 1.65. The lowest BCUT2D eigenvalue weighted by Gasteiger charge is -2.05. The third kappa shape index (κ3) is 20.2. The number of carbonyl (C=O) groups is 2. The van der Waals surface area contributed by atoms with E-state index in [0.717, 1.165) is 24.8 Å². The molecular weight excluding hydrogens is 537 g/mol. The first-order valence-corrected chi connectivity index (χ1v) is 13.4. The molecule has 0 atom stereocenters. The molecule has 12 nitrogen and oxygen atoms in total. The summed E-state index contributed by atoms with van der Waals surface area (Å²) in [7, 11) is -3.34. The summed E-state index contributed by atoms with van der Waals surface area (Å²) < 4.78 is 60.8. The predicted molar refractivity (Wildman–Crippen MR) is 129 cm³/mol. The largest absolute Gasteiger partial charge is 0.478 e. The van der Waals surface area contributed by atoms with Crippen LogP contribution in [0.5, 0.6) is 0 Å². The average Bonchev–Trinajstić information content (AvgIpc) is 3.15. The number of nitrogens with zero attached hydrogens (tertiary/aromatic N) is 3. The maximum atomic E-state index is 12.1. The highest BCUT2D eigenvalue weighted by atomic mass is 32.2. The zero-order chi connectivity index (χ0) is 27.1. The van der Waals surface area contributed by atoms with Crippen LogP contribution < -0.4 is 15.8 Å². The van der Waals surface area contributed by atoms with Gasteiger partial charge in [0, 0.05) is 24.1 Å². The summed E-state index contributed by atoms with van der Waals surface area (Å²) >= 11 is 2.43. The maximum Gasteiger partial charge on any atom is 0.408 e. The van der Waals surface area contributed by atoms with E-state index in [-0.39, 0.29) is 5.96 Å². The van der Waals surface area contributed by atoms with E-state index in [1.54, 1.807) is 11.6 Å². The molecule has 1 rings (SSSR count). The van der Waals surface area contributed by atoms with Crippen molar-refractivity contribution in [2.24, 2.45) is 15.7 Å². The molecule has 1 heterocycles. The number of thiazole rings is 1. The number of rotatable bonds is 10. The standard InChI is InChI=1S/C13H21F3N6O2S3.C4H4O4/c1-25-11(22-27(2,23)24)18-6-4-3-5-9-7-26-12(20-9)21-10(17)19-8-13(14,15)16;5-3(6)1-2-4(7)8/h7H,3-6,8H2,1-2H3,(H,18,22)(H3,17,19,20,21);1-2H,(H,5,6)(H,7,8)/b;2-1-. The molecule has 0 radical (unpaired) electrons. The number of aliphatic carboxylic acids is 2. The summed E-state index contributed by atoms with van der Waals surface area (Å²) in [6.45, 7) is -0.887. The van der Waals surface area contributed by atoms with Gasteiger partial charge in [0.1, 0.15) is 6.54 Å². The lowest BCUT2D eigenvalue weighted by molar-refractivity contribution is -0.134. The number of thioether (sulfide) groups is 1. The van der Waals surface area contributed by atoms with Gasteiger partial charge in [-0.1, -0.05) is 11.8 Å². The minimum atomic E-state index is -4.41. The Kier molecular flexibility index (Phi) is 14.6. The van der Waals surface area contributed by atoms with Crippen molar-refractivity contribution in [2.75, 3.05) is 30.9 Å². The zero-order valence-electron chi connectivity index (χ0n) is 18.6. The average molecular weight is 563 g/mol. The van der Waals surface area contributed by atoms with Crippen LogP contribution in [0, 0.1) is 0 Å². The Labute approximate surface area is 207 Å². The fraction of sp³-hybridized carbons (Fsp3) is 0.471. The zero-order valence-corrected chi connectivity index (χ0v) is 21.0. The lowest BCUT2D eigenvalue weighted by atomic mass is 10.2. The van der Waals surface area contributed by atoms with Crippen LogP contribution in [0.4, 0.5) is 18.3 Å². The van der Waals surface area contributed by atoms with Crippen molar-refractivity contribution < 1.29 is 41.4 Å². The number of nitrogens with one attached hydrogen (secondary N) is 2. The first-order chi connectivity index (χ1) is 16.1. The molecule has 0 aliphatic carbocycles. The van der Waals surface area contributed by atoms with E-state index in [4.69, 9.17) is 15.9 Å². The van der Waals surface area contributed by atoms with E-state index in [0.29, 0.717) is 35.4 Å². The molecule has 6 N–H and O–H groups in total. The van der Waals surface area contributed by atoms with Crippen LogP contribution in [-0.4, -0.2) is 78.5 Å². The highest BCUT2D eigenvalue weighted by Crippen LogP contribution is 2.18. The SMILES string of the molecule is CSC(=NCCCCc1csc(NC(N)=NCC(F)(F)F)n1)NS(C)(=O)=O.O=C(O)/C=C\C(=O)O. The number of sulfonamides is 1. The number of anilines is 1. The Morgan fingerprint density at radius 2 is 1.83 bits per heavy atom. The predicted octanol–water partition coefficient (Wildman–Crippen LogP) is 1.73. The molecule has 1 aromatic heterocycles. The summed E-state index contributed by atoms with van der Waals surface area (Å²) in [5.74, 6) is -2.86. The van der Waals surface area contributed by atoms with Crippen molar-refractivity contribution in [3.05, 3.63) is 23.2 Å². The molecule has 0 amide bonds. The van der Waals surface area contributed by atoms with Crippen LogP contribution in [0.2, 0.25) is 0 Å². The van der Waals surface area contributed by atoms with Gasteiger partial charge in [-0.05, 0) is 25.5 Å². The van der Waals surface area contributed by atoms with Gasteiger partial charge in [-0.15, -0.1) is 11.3 Å². The lowest BCUT2D eigenvalue weighted by Crippen LogP contribution is -2.27. The minimum absolute atomic E-state index is 0.339. The first-order valence-electron chi connectivity index (χ1n) is 9.39. The van der Waals surface area contributed by atoms with E-state index in [1.165, 1.54) is 23.1 Å². The second-order valence-corrected chi connectivity index (χ2v) is 9.72. The molecule has 1 aromatic rings. The van der Waals surface area contributed by atoms with Crippen molar-refractivity contribution in [1.29, 1.82) is 0 Å². The number of amidine groups is 1. The highest BCUT2D eigenvalue weighted by Gasteiger charge is 2.26. The second-order valence-electron chi connectivity index (χ2n) is 6.32. The van der Waals surface area contributed by atoms with E-state index in [2.05, 4.69) is 25.0 Å². The van der Waals surface area contributed by atoms with Crippen molar-refractivity contribution in [3.63, 3.8) is 0 Å². The molecule has 0 saturated carbocycles. The molecule has 18 heteroatoms. The second kappa shape index (κ2) is 15.9. The van der Waals surface area contributed by atoms with Gasteiger partial charge in [0.25, 0.3) is 0 Å². The minimum Gasteiger partial charge on any atom is -0.478 e. The number of carboxylic acids is 2.